The minimum Gasteiger partial charge on any atom is -0.496 e. The number of fused-ring (bicyclic) bond motifs is 1. The van der Waals surface area contributed by atoms with E-state index >= 15 is 0 Å². The Balaban J connectivity index is 2.78. The summed E-state index contributed by atoms with van der Waals surface area (Å²) in [4.78, 5) is 1.29. The van der Waals surface area contributed by atoms with Gasteiger partial charge in [-0.05, 0) is 23.8 Å². The van der Waals surface area contributed by atoms with Gasteiger partial charge in [0.05, 0.1) is 7.11 Å². The van der Waals surface area contributed by atoms with Gasteiger partial charge in [0.1, 0.15) is 5.75 Å². The molecule has 0 aromatic heterocycles. The van der Waals surface area contributed by atoms with Gasteiger partial charge in [-0.2, -0.15) is 0 Å². The predicted molar refractivity (Wildman–Crippen MR) is 62.3 cm³/mol. The molecule has 0 N–H and O–H groups in total. The van der Waals surface area contributed by atoms with Crippen molar-refractivity contribution < 1.29 is 4.74 Å². The molecule has 0 atom stereocenters. The zero-order valence-electron chi connectivity index (χ0n) is 8.28. The lowest BCUT2D eigenvalue weighted by molar-refractivity contribution is 0.419. The van der Waals surface area contributed by atoms with Gasteiger partial charge in [0.25, 0.3) is 0 Å². The van der Waals surface area contributed by atoms with E-state index in [4.69, 9.17) is 4.74 Å². The molecule has 0 aliphatic heterocycles. The number of ether oxygens (including phenoxy) is 1. The van der Waals surface area contributed by atoms with Crippen LogP contribution in [0.3, 0.4) is 0 Å². The van der Waals surface area contributed by atoms with Gasteiger partial charge in [-0.3, -0.25) is 0 Å². The van der Waals surface area contributed by atoms with E-state index in [0.717, 1.165) is 5.75 Å². The first-order valence-electron chi connectivity index (χ1n) is 4.46. The fourth-order valence-corrected chi connectivity index (χ4v) is 2.20. The van der Waals surface area contributed by atoms with Crippen molar-refractivity contribution in [3.63, 3.8) is 0 Å². The predicted octanol–water partition coefficient (Wildman–Crippen LogP) is 3.57. The Morgan fingerprint density at radius 3 is 2.36 bits per heavy atom. The van der Waals surface area contributed by atoms with E-state index in [9.17, 15) is 0 Å². The molecule has 0 spiro atoms. The van der Waals surface area contributed by atoms with Crippen LogP contribution in [0.5, 0.6) is 5.75 Å². The second-order valence-electron chi connectivity index (χ2n) is 3.02. The molecule has 2 aromatic carbocycles. The maximum absolute atomic E-state index is 5.32. The molecule has 0 radical (unpaired) electrons. The van der Waals surface area contributed by atoms with E-state index in [1.165, 1.54) is 15.7 Å². The lowest BCUT2D eigenvalue weighted by Crippen LogP contribution is -1.85. The minimum atomic E-state index is 0.943. The molecule has 1 nitrogen and oxygen atoms in total. The van der Waals surface area contributed by atoms with Crippen molar-refractivity contribution in [2.45, 2.75) is 4.90 Å². The number of hydrogen-bond acceptors (Lipinski definition) is 2. The van der Waals surface area contributed by atoms with E-state index in [2.05, 4.69) is 30.5 Å². The molecule has 2 rings (SSSR count). The van der Waals surface area contributed by atoms with Crippen LogP contribution >= 0.6 is 11.8 Å². The van der Waals surface area contributed by atoms with Gasteiger partial charge < -0.3 is 4.74 Å². The SMILES string of the molecule is COc1ccc(SC)c2ccccc12. The van der Waals surface area contributed by atoms with E-state index < -0.39 is 0 Å². The monoisotopic (exact) mass is 204 g/mol. The third-order valence-corrected chi connectivity index (χ3v) is 3.08. The topological polar surface area (TPSA) is 9.23 Å². The number of methoxy groups -OCH3 is 1. The first-order chi connectivity index (χ1) is 6.86. The quantitative estimate of drug-likeness (QED) is 0.692. The molecule has 0 unspecified atom stereocenters. The fourth-order valence-electron chi connectivity index (χ4n) is 1.60. The molecule has 0 fully saturated rings. The van der Waals surface area contributed by atoms with Crippen molar-refractivity contribution in [3.05, 3.63) is 36.4 Å². The van der Waals surface area contributed by atoms with Crippen molar-refractivity contribution in [2.24, 2.45) is 0 Å². The fraction of sp³-hybridized carbons (Fsp3) is 0.167. The molecule has 2 aromatic rings. The normalized spacial score (nSPS) is 10.4. The lowest BCUT2D eigenvalue weighted by atomic mass is 10.1. The molecule has 0 aliphatic rings. The summed E-state index contributed by atoms with van der Waals surface area (Å²) in [6.45, 7) is 0. The Bertz CT molecular complexity index is 409. The van der Waals surface area contributed by atoms with E-state index in [1.807, 2.05) is 12.1 Å². The summed E-state index contributed by atoms with van der Waals surface area (Å²) in [5, 5.41) is 2.45. The van der Waals surface area contributed by atoms with E-state index in [1.54, 1.807) is 18.9 Å². The molecule has 0 aliphatic carbocycles. The van der Waals surface area contributed by atoms with Crippen LogP contribution in [0.25, 0.3) is 10.8 Å². The Kier molecular flexibility index (Phi) is 2.64. The maximum atomic E-state index is 5.32. The highest BCUT2D eigenvalue weighted by Crippen LogP contribution is 2.32. The Labute approximate surface area is 88.1 Å². The molecule has 2 heteroatoms. The van der Waals surface area contributed by atoms with Crippen LogP contribution in [0.1, 0.15) is 0 Å². The largest absolute Gasteiger partial charge is 0.496 e. The van der Waals surface area contributed by atoms with Crippen LogP contribution in [0.4, 0.5) is 0 Å². The number of benzene rings is 2. The third kappa shape index (κ3) is 1.46. The smallest absolute Gasteiger partial charge is 0.126 e. The van der Waals surface area contributed by atoms with Crippen LogP contribution in [0.15, 0.2) is 41.3 Å². The van der Waals surface area contributed by atoms with Gasteiger partial charge in [0.15, 0.2) is 0 Å². The average Bonchev–Trinajstić information content (AvgIpc) is 2.27. The lowest BCUT2D eigenvalue weighted by Gasteiger charge is -2.08. The Morgan fingerprint density at radius 2 is 1.71 bits per heavy atom. The van der Waals surface area contributed by atoms with Crippen molar-refractivity contribution in [2.75, 3.05) is 13.4 Å². The van der Waals surface area contributed by atoms with Crippen molar-refractivity contribution in [1.82, 2.24) is 0 Å². The summed E-state index contributed by atoms with van der Waals surface area (Å²) >= 11 is 1.76. The summed E-state index contributed by atoms with van der Waals surface area (Å²) in [6, 6.07) is 12.4. The molecule has 0 heterocycles. The summed E-state index contributed by atoms with van der Waals surface area (Å²) < 4.78 is 5.32. The molecule has 0 amide bonds. The summed E-state index contributed by atoms with van der Waals surface area (Å²) in [5.41, 5.74) is 0. The van der Waals surface area contributed by atoms with Crippen LogP contribution in [-0.4, -0.2) is 13.4 Å². The van der Waals surface area contributed by atoms with E-state index in [-0.39, 0.29) is 0 Å². The van der Waals surface area contributed by atoms with Crippen LogP contribution in [-0.2, 0) is 0 Å². The minimum absolute atomic E-state index is 0.943. The summed E-state index contributed by atoms with van der Waals surface area (Å²) in [5.74, 6) is 0.943. The molecular weight excluding hydrogens is 192 g/mol. The highest BCUT2D eigenvalue weighted by atomic mass is 32.2. The Morgan fingerprint density at radius 1 is 1.00 bits per heavy atom. The standard InChI is InChI=1S/C12H12OS/c1-13-11-7-8-12(14-2)10-6-4-3-5-9(10)11/h3-8H,1-2H3. The molecule has 72 valence electrons. The van der Waals surface area contributed by atoms with Gasteiger partial charge in [0.2, 0.25) is 0 Å². The molecule has 14 heavy (non-hydrogen) atoms. The van der Waals surface area contributed by atoms with Gasteiger partial charge in [0, 0.05) is 10.3 Å². The van der Waals surface area contributed by atoms with Crippen molar-refractivity contribution >= 4 is 22.5 Å². The average molecular weight is 204 g/mol. The summed E-state index contributed by atoms with van der Waals surface area (Å²) in [7, 11) is 1.71. The molecular formula is C12H12OS. The van der Waals surface area contributed by atoms with Crippen LogP contribution in [0, 0.1) is 0 Å². The highest BCUT2D eigenvalue weighted by Gasteiger charge is 2.03. The first-order valence-corrected chi connectivity index (χ1v) is 5.69. The zero-order chi connectivity index (χ0) is 9.97. The van der Waals surface area contributed by atoms with Gasteiger partial charge >= 0.3 is 0 Å². The van der Waals surface area contributed by atoms with Gasteiger partial charge in [-0.25, -0.2) is 0 Å². The molecule has 0 saturated heterocycles. The number of rotatable bonds is 2. The highest BCUT2D eigenvalue weighted by molar-refractivity contribution is 7.98. The van der Waals surface area contributed by atoms with Crippen LogP contribution < -0.4 is 4.74 Å². The number of thioether (sulfide) groups is 1. The van der Waals surface area contributed by atoms with Gasteiger partial charge in [-0.1, -0.05) is 24.3 Å². The second-order valence-corrected chi connectivity index (χ2v) is 3.86. The maximum Gasteiger partial charge on any atom is 0.126 e. The van der Waals surface area contributed by atoms with Gasteiger partial charge in [-0.15, -0.1) is 11.8 Å². The Hall–Kier alpha value is -1.15. The van der Waals surface area contributed by atoms with Crippen LogP contribution in [0.2, 0.25) is 0 Å². The van der Waals surface area contributed by atoms with Crippen molar-refractivity contribution in [1.29, 1.82) is 0 Å². The molecule has 0 saturated carbocycles. The zero-order valence-corrected chi connectivity index (χ0v) is 9.10. The number of hydrogen-bond donors (Lipinski definition) is 0. The van der Waals surface area contributed by atoms with E-state index in [0.29, 0.717) is 0 Å². The third-order valence-electron chi connectivity index (χ3n) is 2.28. The second kappa shape index (κ2) is 3.93. The van der Waals surface area contributed by atoms with Crippen molar-refractivity contribution in [3.8, 4) is 5.75 Å². The molecule has 0 bridgehead atoms. The first kappa shape index (κ1) is 9.41. The summed E-state index contributed by atoms with van der Waals surface area (Å²) in [6.07, 6.45) is 2.09.